The van der Waals surface area contributed by atoms with E-state index in [9.17, 15) is 9.28 Å². The highest BCUT2D eigenvalue weighted by molar-refractivity contribution is 7.50. The Hall–Kier alpha value is -2.53. The zero-order chi connectivity index (χ0) is 28.1. The van der Waals surface area contributed by atoms with E-state index >= 15 is 0 Å². The van der Waals surface area contributed by atoms with Crippen molar-refractivity contribution >= 4 is 8.15 Å². The van der Waals surface area contributed by atoms with Crippen molar-refractivity contribution < 1.29 is 18.8 Å². The van der Waals surface area contributed by atoms with E-state index in [0.29, 0.717) is 42.0 Å². The predicted molar refractivity (Wildman–Crippen MR) is 158 cm³/mol. The van der Waals surface area contributed by atoms with Gasteiger partial charge < -0.3 is 14.4 Å². The van der Waals surface area contributed by atoms with Gasteiger partial charge in [0, 0.05) is 38.4 Å². The van der Waals surface area contributed by atoms with Crippen molar-refractivity contribution in [3.05, 3.63) is 77.2 Å². The smallest absolute Gasteiger partial charge is 0.213 e. The number of hydrogen-bond acceptors (Lipinski definition) is 5. The van der Waals surface area contributed by atoms with E-state index in [-0.39, 0.29) is 5.82 Å². The van der Waals surface area contributed by atoms with E-state index in [1.54, 1.807) is 6.07 Å². The molecule has 0 bridgehead atoms. The summed E-state index contributed by atoms with van der Waals surface area (Å²) in [7, 11) is 0.588. The summed E-state index contributed by atoms with van der Waals surface area (Å²) < 4.78 is 26.4. The summed E-state index contributed by atoms with van der Waals surface area (Å²) in [5, 5.41) is 0. The number of pyridine rings is 1. The average Bonchev–Trinajstić information content (AvgIpc) is 3.75. The average molecular weight is 553 g/mol. The molecule has 1 saturated carbocycles. The van der Waals surface area contributed by atoms with Crippen molar-refractivity contribution in [1.29, 1.82) is 0 Å². The Bertz CT molecular complexity index is 1240. The number of nitrogens with zero attached hydrogens (tertiary/aromatic N) is 2. The molecule has 2 atom stereocenters. The summed E-state index contributed by atoms with van der Waals surface area (Å²) >= 11 is 0. The Morgan fingerprint density at radius 3 is 2.44 bits per heavy atom. The second kappa shape index (κ2) is 13.2. The summed E-state index contributed by atoms with van der Waals surface area (Å²) in [6, 6.07) is 16.8. The molecule has 2 aromatic carbocycles. The van der Waals surface area contributed by atoms with Crippen LogP contribution >= 0.6 is 8.15 Å². The lowest BCUT2D eigenvalue weighted by molar-refractivity contribution is 0.164. The molecule has 0 saturated heterocycles. The van der Waals surface area contributed by atoms with Gasteiger partial charge in [-0.25, -0.2) is 9.37 Å². The third-order valence-corrected chi connectivity index (χ3v) is 8.49. The number of aromatic nitrogens is 1. The van der Waals surface area contributed by atoms with Crippen molar-refractivity contribution in [3.63, 3.8) is 0 Å². The van der Waals surface area contributed by atoms with Gasteiger partial charge in [0.2, 0.25) is 5.88 Å². The lowest BCUT2D eigenvalue weighted by Crippen LogP contribution is -2.36. The number of benzene rings is 2. The number of methoxy groups -OCH3 is 1. The Morgan fingerprint density at radius 1 is 1.05 bits per heavy atom. The van der Waals surface area contributed by atoms with Gasteiger partial charge in [0.05, 0.1) is 13.3 Å². The number of halogens is 1. The molecule has 1 aromatic heterocycles. The molecule has 0 spiro atoms. The van der Waals surface area contributed by atoms with Gasteiger partial charge in [0.1, 0.15) is 18.2 Å². The molecule has 5 nitrogen and oxygen atoms in total. The number of ether oxygens (including phenoxy) is 2. The van der Waals surface area contributed by atoms with Gasteiger partial charge in [-0.05, 0) is 106 Å². The largest absolute Gasteiger partial charge is 0.489 e. The third-order valence-electron chi connectivity index (χ3n) is 7.57. The lowest BCUT2D eigenvalue weighted by Gasteiger charge is -2.31. The SMILES string of the molecule is COc1cc(-c2ccc(COc3cccc(C(CP(C)O)C4CC4)c3)c(CN(C(C)C)C(C)C)c2)c(F)cn1. The van der Waals surface area contributed by atoms with Crippen LogP contribution < -0.4 is 9.47 Å². The first-order valence-electron chi connectivity index (χ1n) is 13.9. The first-order valence-corrected chi connectivity index (χ1v) is 15.8. The molecule has 1 N–H and O–H groups in total. The molecule has 4 rings (SSSR count). The highest BCUT2D eigenvalue weighted by Crippen LogP contribution is 2.47. The zero-order valence-electron chi connectivity index (χ0n) is 24.0. The first kappa shape index (κ1) is 29.5. The molecular formula is C32H42FN2O3P. The molecule has 0 aliphatic heterocycles. The minimum atomic E-state index is -0.946. The summed E-state index contributed by atoms with van der Waals surface area (Å²) in [5.41, 5.74) is 4.68. The minimum absolute atomic E-state index is 0.354. The fraction of sp³-hybridized carbons (Fsp3) is 0.469. The molecule has 1 aliphatic rings. The summed E-state index contributed by atoms with van der Waals surface area (Å²) in [6.07, 6.45) is 4.52. The van der Waals surface area contributed by atoms with Gasteiger partial charge in [-0.3, -0.25) is 4.90 Å². The molecule has 210 valence electrons. The summed E-state index contributed by atoms with van der Waals surface area (Å²) in [5.74, 6) is 1.90. The van der Waals surface area contributed by atoms with E-state index in [0.717, 1.165) is 35.1 Å². The van der Waals surface area contributed by atoms with E-state index in [4.69, 9.17) is 9.47 Å². The Morgan fingerprint density at radius 2 is 1.79 bits per heavy atom. The second-order valence-electron chi connectivity index (χ2n) is 11.2. The highest BCUT2D eigenvalue weighted by atomic mass is 31.1. The fourth-order valence-electron chi connectivity index (χ4n) is 5.30. The van der Waals surface area contributed by atoms with Gasteiger partial charge in [0.25, 0.3) is 0 Å². The van der Waals surface area contributed by atoms with Gasteiger partial charge in [-0.2, -0.15) is 0 Å². The van der Waals surface area contributed by atoms with Crippen LogP contribution in [0.5, 0.6) is 11.6 Å². The van der Waals surface area contributed by atoms with Crippen LogP contribution in [0.3, 0.4) is 0 Å². The van der Waals surface area contributed by atoms with E-state index in [1.165, 1.54) is 31.7 Å². The van der Waals surface area contributed by atoms with Crippen molar-refractivity contribution in [2.24, 2.45) is 5.92 Å². The molecule has 0 amide bonds. The van der Waals surface area contributed by atoms with E-state index in [1.807, 2.05) is 24.9 Å². The van der Waals surface area contributed by atoms with Gasteiger partial charge >= 0.3 is 0 Å². The maximum absolute atomic E-state index is 14.8. The van der Waals surface area contributed by atoms with Gasteiger partial charge in [0.15, 0.2) is 0 Å². The number of rotatable bonds is 13. The molecule has 1 fully saturated rings. The van der Waals surface area contributed by atoms with Crippen LogP contribution in [-0.2, 0) is 13.2 Å². The number of hydrogen-bond donors (Lipinski definition) is 1. The predicted octanol–water partition coefficient (Wildman–Crippen LogP) is 7.61. The van der Waals surface area contributed by atoms with Crippen LogP contribution in [0, 0.1) is 11.7 Å². The Balaban J connectivity index is 1.62. The topological polar surface area (TPSA) is 54.8 Å². The van der Waals surface area contributed by atoms with Crippen molar-refractivity contribution in [2.75, 3.05) is 19.9 Å². The van der Waals surface area contributed by atoms with Crippen molar-refractivity contribution in [1.82, 2.24) is 9.88 Å². The highest BCUT2D eigenvalue weighted by Gasteiger charge is 2.33. The molecule has 1 aliphatic carbocycles. The fourth-order valence-corrected chi connectivity index (χ4v) is 6.38. The zero-order valence-corrected chi connectivity index (χ0v) is 24.9. The monoisotopic (exact) mass is 552 g/mol. The molecule has 39 heavy (non-hydrogen) atoms. The third kappa shape index (κ3) is 7.78. The van der Waals surface area contributed by atoms with Crippen molar-refractivity contribution in [2.45, 2.75) is 71.7 Å². The molecule has 1 heterocycles. The maximum Gasteiger partial charge on any atom is 0.213 e. The normalized spacial score (nSPS) is 15.2. The summed E-state index contributed by atoms with van der Waals surface area (Å²) in [4.78, 5) is 16.5. The van der Waals surface area contributed by atoms with Crippen molar-refractivity contribution in [3.8, 4) is 22.8 Å². The van der Waals surface area contributed by atoms with Crippen LogP contribution in [0.15, 0.2) is 54.7 Å². The maximum atomic E-state index is 14.8. The summed E-state index contributed by atoms with van der Waals surface area (Å²) in [6.45, 7) is 11.9. The van der Waals surface area contributed by atoms with Crippen LogP contribution in [0.2, 0.25) is 0 Å². The molecule has 0 radical (unpaired) electrons. The molecular weight excluding hydrogens is 510 g/mol. The van der Waals surface area contributed by atoms with E-state index < -0.39 is 8.15 Å². The lowest BCUT2D eigenvalue weighted by atomic mass is 9.96. The van der Waals surface area contributed by atoms with Crippen LogP contribution in [0.1, 0.15) is 63.1 Å². The quantitative estimate of drug-likeness (QED) is 0.221. The van der Waals surface area contributed by atoms with Crippen LogP contribution in [-0.4, -0.2) is 46.8 Å². The standard InChI is InChI=1S/C32H42FN2O3P/c1-21(2)35(22(3)4)18-27-14-25(29-16-32(37-5)34-17-31(29)33)12-13-26(27)19-38-28-9-7-8-24(15-28)30(20-39(6)36)23-10-11-23/h7-9,12-17,21-23,30,36H,10-11,18-20H2,1-6H3. The Kier molecular flexibility index (Phi) is 9.98. The first-order chi connectivity index (χ1) is 18.7. The van der Waals surface area contributed by atoms with Crippen LogP contribution in [0.4, 0.5) is 4.39 Å². The minimum Gasteiger partial charge on any atom is -0.489 e. The van der Waals surface area contributed by atoms with E-state index in [2.05, 4.69) is 61.8 Å². The molecule has 7 heteroatoms. The van der Waals surface area contributed by atoms with Crippen LogP contribution in [0.25, 0.3) is 11.1 Å². The Labute approximate surface area is 234 Å². The van der Waals surface area contributed by atoms with Gasteiger partial charge in [-0.1, -0.05) is 24.3 Å². The van der Waals surface area contributed by atoms with Gasteiger partial charge in [-0.15, -0.1) is 0 Å². The molecule has 3 aromatic rings. The molecule has 2 unspecified atom stereocenters. The second-order valence-corrected chi connectivity index (χ2v) is 12.9.